The highest BCUT2D eigenvalue weighted by atomic mass is 19.1. The summed E-state index contributed by atoms with van der Waals surface area (Å²) < 4.78 is 20.6. The van der Waals surface area contributed by atoms with Crippen LogP contribution in [-0.4, -0.2) is 27.1 Å². The lowest BCUT2D eigenvalue weighted by Gasteiger charge is -2.09. The third kappa shape index (κ3) is 2.88. The smallest absolute Gasteiger partial charge is 0.309 e. The van der Waals surface area contributed by atoms with E-state index in [0.29, 0.717) is 35.0 Å². The van der Waals surface area contributed by atoms with Crippen LogP contribution in [-0.2, 0) is 11.2 Å². The summed E-state index contributed by atoms with van der Waals surface area (Å²) in [6.07, 6.45) is 0.980. The molecular weight excluding hydrogens is 299 g/mol. The van der Waals surface area contributed by atoms with Gasteiger partial charge in [-0.3, -0.25) is 9.20 Å². The van der Waals surface area contributed by atoms with Crippen molar-refractivity contribution in [1.82, 2.24) is 9.38 Å². The van der Waals surface area contributed by atoms with Gasteiger partial charge in [0.1, 0.15) is 17.2 Å². The highest BCUT2D eigenvalue weighted by Gasteiger charge is 2.19. The number of pyridine rings is 1. The second-order valence-corrected chi connectivity index (χ2v) is 4.98. The summed E-state index contributed by atoms with van der Waals surface area (Å²) in [6.45, 7) is 2.35. The Balaban J connectivity index is 2.26. The van der Waals surface area contributed by atoms with E-state index in [0.717, 1.165) is 0 Å². The number of ether oxygens (including phenoxy) is 1. The second-order valence-electron chi connectivity index (χ2n) is 4.98. The number of para-hydroxylation sites is 1. The largest absolute Gasteiger partial charge is 0.493 e. The standard InChI is InChI=1S/C17H15FN2O3/c1-2-23-14-6-4-3-5-12(14)17-13(9-16(21)22)20-10-11(18)7-8-15(20)19-17/h3-8,10H,2,9H2,1H3,(H,21,22). The van der Waals surface area contributed by atoms with Gasteiger partial charge in [-0.1, -0.05) is 12.1 Å². The van der Waals surface area contributed by atoms with E-state index in [1.807, 2.05) is 25.1 Å². The first-order valence-electron chi connectivity index (χ1n) is 7.20. The molecule has 3 rings (SSSR count). The molecule has 1 aromatic carbocycles. The van der Waals surface area contributed by atoms with Crippen LogP contribution in [0.3, 0.4) is 0 Å². The Morgan fingerprint density at radius 1 is 1.30 bits per heavy atom. The molecule has 6 heteroatoms. The highest BCUT2D eigenvalue weighted by molar-refractivity contribution is 5.78. The van der Waals surface area contributed by atoms with Crippen molar-refractivity contribution in [3.63, 3.8) is 0 Å². The van der Waals surface area contributed by atoms with Gasteiger partial charge in [-0.15, -0.1) is 0 Å². The van der Waals surface area contributed by atoms with E-state index in [4.69, 9.17) is 4.74 Å². The summed E-state index contributed by atoms with van der Waals surface area (Å²) in [5.41, 5.74) is 2.08. The monoisotopic (exact) mass is 314 g/mol. The van der Waals surface area contributed by atoms with Crippen molar-refractivity contribution in [3.05, 3.63) is 54.1 Å². The maximum atomic E-state index is 13.5. The number of fused-ring (bicyclic) bond motifs is 1. The number of rotatable bonds is 5. The first-order chi connectivity index (χ1) is 11.1. The summed E-state index contributed by atoms with van der Waals surface area (Å²) >= 11 is 0. The minimum atomic E-state index is -1.01. The van der Waals surface area contributed by atoms with E-state index in [2.05, 4.69) is 4.98 Å². The molecule has 0 radical (unpaired) electrons. The van der Waals surface area contributed by atoms with Crippen LogP contribution in [0.25, 0.3) is 16.9 Å². The van der Waals surface area contributed by atoms with Gasteiger partial charge in [0.05, 0.1) is 24.4 Å². The van der Waals surface area contributed by atoms with Gasteiger partial charge >= 0.3 is 5.97 Å². The molecule has 3 aromatic rings. The predicted octanol–water partition coefficient (Wildman–Crippen LogP) is 3.17. The zero-order valence-electron chi connectivity index (χ0n) is 12.5. The van der Waals surface area contributed by atoms with Crippen molar-refractivity contribution >= 4 is 11.6 Å². The lowest BCUT2D eigenvalue weighted by molar-refractivity contribution is -0.136. The van der Waals surface area contributed by atoms with Crippen LogP contribution in [0.15, 0.2) is 42.6 Å². The number of hydrogen-bond donors (Lipinski definition) is 1. The lowest BCUT2D eigenvalue weighted by atomic mass is 10.1. The molecule has 118 valence electrons. The molecule has 0 amide bonds. The fraction of sp³-hybridized carbons (Fsp3) is 0.176. The maximum Gasteiger partial charge on any atom is 0.309 e. The van der Waals surface area contributed by atoms with Gasteiger partial charge in [0, 0.05) is 11.8 Å². The Hall–Kier alpha value is -2.89. The zero-order valence-corrected chi connectivity index (χ0v) is 12.5. The number of nitrogens with zero attached hydrogens (tertiary/aromatic N) is 2. The minimum Gasteiger partial charge on any atom is -0.493 e. The fourth-order valence-electron chi connectivity index (χ4n) is 2.54. The van der Waals surface area contributed by atoms with Gasteiger partial charge in [-0.25, -0.2) is 9.37 Å². The Morgan fingerprint density at radius 3 is 2.83 bits per heavy atom. The highest BCUT2D eigenvalue weighted by Crippen LogP contribution is 2.32. The number of carbonyl (C=O) groups is 1. The molecule has 0 saturated carbocycles. The molecule has 0 aliphatic carbocycles. The van der Waals surface area contributed by atoms with Gasteiger partial charge in [0.25, 0.3) is 0 Å². The molecule has 0 aliphatic heterocycles. The van der Waals surface area contributed by atoms with Gasteiger partial charge in [0.2, 0.25) is 0 Å². The summed E-state index contributed by atoms with van der Waals surface area (Å²) in [5.74, 6) is -0.845. The maximum absolute atomic E-state index is 13.5. The van der Waals surface area contributed by atoms with E-state index in [1.54, 1.807) is 6.07 Å². The molecule has 5 nitrogen and oxygen atoms in total. The first-order valence-corrected chi connectivity index (χ1v) is 7.20. The molecule has 0 aliphatic rings. The van der Waals surface area contributed by atoms with Crippen molar-refractivity contribution in [1.29, 1.82) is 0 Å². The Kier molecular flexibility index (Phi) is 3.97. The van der Waals surface area contributed by atoms with Crippen molar-refractivity contribution in [2.24, 2.45) is 0 Å². The predicted molar refractivity (Wildman–Crippen MR) is 83.1 cm³/mol. The summed E-state index contributed by atoms with van der Waals surface area (Å²) in [7, 11) is 0. The molecular formula is C17H15FN2O3. The van der Waals surface area contributed by atoms with Crippen LogP contribution < -0.4 is 4.74 Å². The Bertz CT molecular complexity index is 873. The average molecular weight is 314 g/mol. The Morgan fingerprint density at radius 2 is 2.09 bits per heavy atom. The molecule has 0 atom stereocenters. The van der Waals surface area contributed by atoms with E-state index in [-0.39, 0.29) is 6.42 Å². The van der Waals surface area contributed by atoms with Crippen LogP contribution in [0.5, 0.6) is 5.75 Å². The van der Waals surface area contributed by atoms with Crippen molar-refractivity contribution in [2.45, 2.75) is 13.3 Å². The third-order valence-electron chi connectivity index (χ3n) is 3.44. The molecule has 0 bridgehead atoms. The average Bonchev–Trinajstić information content (AvgIpc) is 2.86. The quantitative estimate of drug-likeness (QED) is 0.785. The number of aromatic nitrogens is 2. The second kappa shape index (κ2) is 6.08. The molecule has 23 heavy (non-hydrogen) atoms. The molecule has 0 saturated heterocycles. The van der Waals surface area contributed by atoms with Gasteiger partial charge in [-0.05, 0) is 31.2 Å². The molecule has 1 N–H and O–H groups in total. The Labute approximate surface area is 132 Å². The molecule has 0 fully saturated rings. The third-order valence-corrected chi connectivity index (χ3v) is 3.44. The number of benzene rings is 1. The van der Waals surface area contributed by atoms with Crippen LogP contribution in [0.4, 0.5) is 4.39 Å². The molecule has 2 heterocycles. The summed E-state index contributed by atoms with van der Waals surface area (Å²) in [4.78, 5) is 15.7. The van der Waals surface area contributed by atoms with Gasteiger partial charge in [0.15, 0.2) is 0 Å². The normalized spacial score (nSPS) is 10.9. The fourth-order valence-corrected chi connectivity index (χ4v) is 2.54. The number of carboxylic acids is 1. The van der Waals surface area contributed by atoms with E-state index in [9.17, 15) is 14.3 Å². The van der Waals surface area contributed by atoms with Crippen molar-refractivity contribution < 1.29 is 19.0 Å². The zero-order chi connectivity index (χ0) is 16.4. The van der Waals surface area contributed by atoms with E-state index in [1.165, 1.54) is 22.7 Å². The SMILES string of the molecule is CCOc1ccccc1-c1nc2ccc(F)cn2c1CC(=O)O. The first kappa shape index (κ1) is 15.0. The minimum absolute atomic E-state index is 0.263. The summed E-state index contributed by atoms with van der Waals surface area (Å²) in [5, 5.41) is 9.19. The number of aliphatic carboxylic acids is 1. The molecule has 0 unspecified atom stereocenters. The lowest BCUT2D eigenvalue weighted by Crippen LogP contribution is -2.05. The number of carboxylic acid groups (broad SMARTS) is 1. The van der Waals surface area contributed by atoms with Crippen molar-refractivity contribution in [3.8, 4) is 17.0 Å². The molecule has 2 aromatic heterocycles. The van der Waals surface area contributed by atoms with Crippen molar-refractivity contribution in [2.75, 3.05) is 6.61 Å². The summed E-state index contributed by atoms with van der Waals surface area (Å²) in [6, 6.07) is 10.1. The number of halogens is 1. The molecule has 0 spiro atoms. The topological polar surface area (TPSA) is 63.8 Å². The number of hydrogen-bond acceptors (Lipinski definition) is 3. The van der Waals surface area contributed by atoms with Crippen LogP contribution in [0, 0.1) is 5.82 Å². The van der Waals surface area contributed by atoms with E-state index < -0.39 is 11.8 Å². The van der Waals surface area contributed by atoms with Crippen LogP contribution >= 0.6 is 0 Å². The van der Waals surface area contributed by atoms with Crippen LogP contribution in [0.1, 0.15) is 12.6 Å². The van der Waals surface area contributed by atoms with Crippen LogP contribution in [0.2, 0.25) is 0 Å². The van der Waals surface area contributed by atoms with E-state index >= 15 is 0 Å². The van der Waals surface area contributed by atoms with Gasteiger partial charge in [-0.2, -0.15) is 0 Å². The number of imidazole rings is 1. The van der Waals surface area contributed by atoms with Gasteiger partial charge < -0.3 is 9.84 Å².